The van der Waals surface area contributed by atoms with Crippen LogP contribution in [0, 0.1) is 5.92 Å². The molecule has 0 radical (unpaired) electrons. The molecule has 1 unspecified atom stereocenters. The van der Waals surface area contributed by atoms with E-state index in [0.717, 1.165) is 5.57 Å². The Hall–Kier alpha value is -1.36. The van der Waals surface area contributed by atoms with Crippen LogP contribution >= 0.6 is 0 Å². The second-order valence-corrected chi connectivity index (χ2v) is 4.15. The van der Waals surface area contributed by atoms with Crippen molar-refractivity contribution < 1.29 is 14.3 Å². The largest absolute Gasteiger partial charge is 0.375 e. The Morgan fingerprint density at radius 2 is 2.31 bits per heavy atom. The Balaban J connectivity index is 2.28. The van der Waals surface area contributed by atoms with Gasteiger partial charge in [-0.25, -0.2) is 4.79 Å². The van der Waals surface area contributed by atoms with Crippen molar-refractivity contribution in [3.8, 4) is 0 Å². The highest BCUT2D eigenvalue weighted by Crippen LogP contribution is 2.06. The lowest BCUT2D eigenvalue weighted by Crippen LogP contribution is -2.54. The number of carbonyl (C=O) groups excluding carboxylic acids is 2. The summed E-state index contributed by atoms with van der Waals surface area (Å²) in [6.45, 7) is 9.31. The SMILES string of the molecule is C=C(C)COCCN1CC(C)C(=O)NC1=O. The van der Waals surface area contributed by atoms with Crippen molar-refractivity contribution in [2.45, 2.75) is 13.8 Å². The zero-order chi connectivity index (χ0) is 12.1. The number of amides is 3. The van der Waals surface area contributed by atoms with E-state index in [9.17, 15) is 9.59 Å². The maximum Gasteiger partial charge on any atom is 0.324 e. The number of ether oxygens (including phenoxy) is 1. The molecule has 5 nitrogen and oxygen atoms in total. The van der Waals surface area contributed by atoms with Gasteiger partial charge in [0.1, 0.15) is 0 Å². The Labute approximate surface area is 95.4 Å². The Morgan fingerprint density at radius 1 is 1.62 bits per heavy atom. The van der Waals surface area contributed by atoms with Gasteiger partial charge in [0.2, 0.25) is 5.91 Å². The molecular weight excluding hydrogens is 208 g/mol. The lowest BCUT2D eigenvalue weighted by atomic mass is 10.1. The van der Waals surface area contributed by atoms with Crippen molar-refractivity contribution in [3.05, 3.63) is 12.2 Å². The molecule has 1 N–H and O–H groups in total. The fraction of sp³-hybridized carbons (Fsp3) is 0.636. The minimum atomic E-state index is -0.331. The molecule has 0 aliphatic carbocycles. The molecule has 16 heavy (non-hydrogen) atoms. The van der Waals surface area contributed by atoms with Crippen molar-refractivity contribution in [3.63, 3.8) is 0 Å². The van der Waals surface area contributed by atoms with E-state index in [1.165, 1.54) is 0 Å². The number of rotatable bonds is 5. The Morgan fingerprint density at radius 3 is 2.94 bits per heavy atom. The molecule has 1 atom stereocenters. The van der Waals surface area contributed by atoms with E-state index in [2.05, 4.69) is 11.9 Å². The summed E-state index contributed by atoms with van der Waals surface area (Å²) >= 11 is 0. The van der Waals surface area contributed by atoms with Gasteiger partial charge in [-0.1, -0.05) is 19.1 Å². The fourth-order valence-corrected chi connectivity index (χ4v) is 1.42. The highest BCUT2D eigenvalue weighted by Gasteiger charge is 2.28. The molecule has 3 amide bonds. The lowest BCUT2D eigenvalue weighted by molar-refractivity contribution is -0.125. The first-order valence-electron chi connectivity index (χ1n) is 5.32. The Kier molecular flexibility index (Phi) is 4.49. The first-order valence-corrected chi connectivity index (χ1v) is 5.32. The minimum absolute atomic E-state index is 0.154. The number of urea groups is 1. The van der Waals surface area contributed by atoms with Crippen LogP contribution in [0.4, 0.5) is 4.79 Å². The van der Waals surface area contributed by atoms with Gasteiger partial charge in [0.25, 0.3) is 0 Å². The monoisotopic (exact) mass is 226 g/mol. The summed E-state index contributed by atoms with van der Waals surface area (Å²) in [5.41, 5.74) is 0.951. The van der Waals surface area contributed by atoms with Crippen molar-refractivity contribution in [1.82, 2.24) is 10.2 Å². The molecule has 1 saturated heterocycles. The quantitative estimate of drug-likeness (QED) is 0.556. The average molecular weight is 226 g/mol. The third-order valence-corrected chi connectivity index (χ3v) is 2.31. The number of hydrogen-bond acceptors (Lipinski definition) is 3. The third kappa shape index (κ3) is 3.66. The second kappa shape index (κ2) is 5.65. The van der Waals surface area contributed by atoms with E-state index in [1.54, 1.807) is 11.8 Å². The number of nitrogens with zero attached hydrogens (tertiary/aromatic N) is 1. The number of imide groups is 1. The highest BCUT2D eigenvalue weighted by molar-refractivity contribution is 5.97. The van der Waals surface area contributed by atoms with E-state index in [4.69, 9.17) is 4.74 Å². The van der Waals surface area contributed by atoms with Gasteiger partial charge in [-0.3, -0.25) is 10.1 Å². The van der Waals surface area contributed by atoms with E-state index >= 15 is 0 Å². The summed E-state index contributed by atoms with van der Waals surface area (Å²) in [4.78, 5) is 24.2. The van der Waals surface area contributed by atoms with Crippen LogP contribution in [-0.2, 0) is 9.53 Å². The second-order valence-electron chi connectivity index (χ2n) is 4.15. The lowest BCUT2D eigenvalue weighted by Gasteiger charge is -2.30. The van der Waals surface area contributed by atoms with Gasteiger partial charge < -0.3 is 9.64 Å². The Bertz CT molecular complexity index is 302. The summed E-state index contributed by atoms with van der Waals surface area (Å²) in [5.74, 6) is -0.358. The molecule has 1 heterocycles. The molecule has 0 bridgehead atoms. The normalized spacial score (nSPS) is 20.9. The van der Waals surface area contributed by atoms with E-state index in [1.807, 2.05) is 6.92 Å². The average Bonchev–Trinajstić information content (AvgIpc) is 2.19. The van der Waals surface area contributed by atoms with Crippen LogP contribution in [-0.4, -0.2) is 43.1 Å². The molecule has 1 aliphatic heterocycles. The number of carbonyl (C=O) groups is 2. The van der Waals surface area contributed by atoms with Crippen molar-refractivity contribution in [2.75, 3.05) is 26.3 Å². The van der Waals surface area contributed by atoms with Crippen LogP contribution in [0.1, 0.15) is 13.8 Å². The van der Waals surface area contributed by atoms with Crippen molar-refractivity contribution >= 4 is 11.9 Å². The predicted octanol–water partition coefficient (Wildman–Crippen LogP) is 0.767. The van der Waals surface area contributed by atoms with E-state index in [-0.39, 0.29) is 17.9 Å². The molecule has 0 aromatic rings. The molecular formula is C11H18N2O3. The minimum Gasteiger partial charge on any atom is -0.375 e. The van der Waals surface area contributed by atoms with Gasteiger partial charge in [-0.2, -0.15) is 0 Å². The van der Waals surface area contributed by atoms with Gasteiger partial charge in [0, 0.05) is 13.1 Å². The molecule has 0 spiro atoms. The van der Waals surface area contributed by atoms with Crippen LogP contribution in [0.15, 0.2) is 12.2 Å². The molecule has 1 fully saturated rings. The smallest absolute Gasteiger partial charge is 0.324 e. The van der Waals surface area contributed by atoms with Crippen LogP contribution in [0.3, 0.4) is 0 Å². The third-order valence-electron chi connectivity index (χ3n) is 2.31. The van der Waals surface area contributed by atoms with Gasteiger partial charge in [-0.05, 0) is 6.92 Å². The first kappa shape index (κ1) is 12.7. The number of nitrogens with one attached hydrogen (secondary N) is 1. The maximum atomic E-state index is 11.4. The summed E-state index contributed by atoms with van der Waals surface area (Å²) < 4.78 is 5.30. The van der Waals surface area contributed by atoms with E-state index < -0.39 is 0 Å². The predicted molar refractivity (Wildman–Crippen MR) is 59.9 cm³/mol. The zero-order valence-electron chi connectivity index (χ0n) is 9.78. The van der Waals surface area contributed by atoms with E-state index in [0.29, 0.717) is 26.3 Å². The van der Waals surface area contributed by atoms with Crippen LogP contribution in [0.2, 0.25) is 0 Å². The van der Waals surface area contributed by atoms with Gasteiger partial charge in [-0.15, -0.1) is 0 Å². The molecule has 0 aromatic carbocycles. The van der Waals surface area contributed by atoms with Gasteiger partial charge >= 0.3 is 6.03 Å². The van der Waals surface area contributed by atoms with Crippen LogP contribution in [0.25, 0.3) is 0 Å². The molecule has 1 rings (SSSR count). The van der Waals surface area contributed by atoms with Crippen LogP contribution in [0.5, 0.6) is 0 Å². The highest BCUT2D eigenvalue weighted by atomic mass is 16.5. The van der Waals surface area contributed by atoms with Crippen LogP contribution < -0.4 is 5.32 Å². The van der Waals surface area contributed by atoms with Gasteiger partial charge in [0.15, 0.2) is 0 Å². The van der Waals surface area contributed by atoms with Crippen molar-refractivity contribution in [1.29, 1.82) is 0 Å². The zero-order valence-corrected chi connectivity index (χ0v) is 9.78. The van der Waals surface area contributed by atoms with Gasteiger partial charge in [0.05, 0.1) is 19.1 Å². The molecule has 1 aliphatic rings. The summed E-state index contributed by atoms with van der Waals surface area (Å²) in [5, 5.41) is 2.30. The molecule has 90 valence electrons. The molecule has 5 heteroatoms. The summed E-state index contributed by atoms with van der Waals surface area (Å²) in [6, 6.07) is -0.331. The fourth-order valence-electron chi connectivity index (χ4n) is 1.42. The van der Waals surface area contributed by atoms with Crippen molar-refractivity contribution in [2.24, 2.45) is 5.92 Å². The number of hydrogen-bond donors (Lipinski definition) is 1. The molecule has 0 aromatic heterocycles. The first-order chi connectivity index (χ1) is 7.50. The molecule has 0 saturated carbocycles. The summed E-state index contributed by atoms with van der Waals surface area (Å²) in [7, 11) is 0. The standard InChI is InChI=1S/C11H18N2O3/c1-8(2)7-16-5-4-13-6-9(3)10(14)12-11(13)15/h9H,1,4-7H2,2-3H3,(H,12,14,15). The maximum absolute atomic E-state index is 11.4. The summed E-state index contributed by atoms with van der Waals surface area (Å²) in [6.07, 6.45) is 0. The topological polar surface area (TPSA) is 58.6 Å².